The first kappa shape index (κ1) is 20.0. The van der Waals surface area contributed by atoms with Crippen LogP contribution in [-0.2, 0) is 30.4 Å². The molecule has 0 aliphatic heterocycles. The molecule has 0 spiro atoms. The summed E-state index contributed by atoms with van der Waals surface area (Å²) < 4.78 is 100. The smallest absolute Gasteiger partial charge is 0.294 e. The van der Waals surface area contributed by atoms with Gasteiger partial charge in [-0.15, -0.1) is 0 Å². The second kappa shape index (κ2) is 5.87. The van der Waals surface area contributed by atoms with Crippen molar-refractivity contribution in [2.45, 2.75) is 0 Å². The summed E-state index contributed by atoms with van der Waals surface area (Å²) >= 11 is 0. The quantitative estimate of drug-likeness (QED) is 0.434. The molecule has 0 amide bonds. The Bertz CT molecular complexity index is 1410. The molecule has 2 atom stereocenters. The van der Waals surface area contributed by atoms with E-state index in [1.165, 1.54) is 24.3 Å². The third-order valence-electron chi connectivity index (χ3n) is 5.13. The zero-order chi connectivity index (χ0) is 21.5. The van der Waals surface area contributed by atoms with E-state index < -0.39 is 56.9 Å². The van der Waals surface area contributed by atoms with Gasteiger partial charge in [0.1, 0.15) is 0 Å². The number of allylic oxidation sites excluding steroid dienone is 10. The highest BCUT2D eigenvalue weighted by atomic mass is 32.2. The monoisotopic (exact) mass is 459 g/mol. The molecule has 4 rings (SSSR count). The van der Waals surface area contributed by atoms with Gasteiger partial charge in [-0.1, -0.05) is 24.3 Å². The maximum Gasteiger partial charge on any atom is 0.294 e. The highest BCUT2D eigenvalue weighted by molar-refractivity contribution is 7.91. The Morgan fingerprint density at radius 3 is 1.62 bits per heavy atom. The highest BCUT2D eigenvalue weighted by Crippen LogP contribution is 2.54. The van der Waals surface area contributed by atoms with Crippen molar-refractivity contribution in [3.8, 4) is 0 Å². The fraction of sp³-hybridized carbons (Fsp3) is 0.125. The third-order valence-corrected chi connectivity index (χ3v) is 7.86. The summed E-state index contributed by atoms with van der Waals surface area (Å²) in [6.07, 6.45) is 6.93. The molecule has 0 heterocycles. The van der Waals surface area contributed by atoms with Crippen LogP contribution in [-0.4, -0.2) is 38.9 Å². The number of nitrogens with two attached hydrogens (primary N) is 1. The average Bonchev–Trinajstić information content (AvgIpc) is 2.57. The molecule has 0 aromatic rings. The SMILES string of the molecule is NC1=C2C=CC3=C(S(=O)(=O)O)C=C(S(=O)(=O)O)C4=CC=C(C(S(=O)(=O)O)=C1)C2C43. The van der Waals surface area contributed by atoms with Crippen LogP contribution in [0.4, 0.5) is 0 Å². The molecule has 5 N–H and O–H groups in total. The van der Waals surface area contributed by atoms with E-state index in [2.05, 4.69) is 0 Å². The average molecular weight is 459 g/mol. The maximum absolute atomic E-state index is 11.9. The molecule has 0 saturated carbocycles. The normalized spacial score (nSPS) is 26.4. The first-order valence-corrected chi connectivity index (χ1v) is 12.2. The molecule has 4 aliphatic rings. The van der Waals surface area contributed by atoms with Crippen LogP contribution in [0.1, 0.15) is 0 Å². The molecule has 2 unspecified atom stereocenters. The van der Waals surface area contributed by atoms with Crippen LogP contribution in [0, 0.1) is 11.8 Å². The van der Waals surface area contributed by atoms with E-state index in [0.29, 0.717) is 11.6 Å². The van der Waals surface area contributed by atoms with Crippen LogP contribution < -0.4 is 5.73 Å². The molecular weight excluding hydrogens is 446 g/mol. The van der Waals surface area contributed by atoms with E-state index in [1.807, 2.05) is 0 Å². The minimum Gasteiger partial charge on any atom is -0.398 e. The lowest BCUT2D eigenvalue weighted by atomic mass is 9.64. The summed E-state index contributed by atoms with van der Waals surface area (Å²) in [5, 5.41) is 0. The summed E-state index contributed by atoms with van der Waals surface area (Å²) in [6.45, 7) is 0. The van der Waals surface area contributed by atoms with Gasteiger partial charge < -0.3 is 5.73 Å². The molecule has 10 nitrogen and oxygen atoms in total. The predicted octanol–water partition coefficient (Wildman–Crippen LogP) is 0.580. The lowest BCUT2D eigenvalue weighted by molar-refractivity contribution is 0.477. The van der Waals surface area contributed by atoms with Gasteiger partial charge in [-0.05, 0) is 34.4 Å². The van der Waals surface area contributed by atoms with Gasteiger partial charge in [-0.2, -0.15) is 25.3 Å². The molecule has 0 fully saturated rings. The van der Waals surface area contributed by atoms with Gasteiger partial charge in [0.15, 0.2) is 0 Å². The van der Waals surface area contributed by atoms with Crippen molar-refractivity contribution in [3.63, 3.8) is 0 Å². The summed E-state index contributed by atoms with van der Waals surface area (Å²) in [6, 6.07) is 0. The minimum atomic E-state index is -4.90. The van der Waals surface area contributed by atoms with E-state index in [1.54, 1.807) is 0 Å². The Hall–Kier alpha value is -2.29. The van der Waals surface area contributed by atoms with Gasteiger partial charge in [-0.25, -0.2) is 0 Å². The zero-order valence-corrected chi connectivity index (χ0v) is 16.7. The largest absolute Gasteiger partial charge is 0.398 e. The first-order valence-electron chi connectivity index (χ1n) is 7.91. The molecule has 0 bridgehead atoms. The van der Waals surface area contributed by atoms with Gasteiger partial charge in [0.05, 0.1) is 14.7 Å². The molecule has 13 heteroatoms. The molecule has 0 aromatic heterocycles. The van der Waals surface area contributed by atoms with Crippen molar-refractivity contribution in [2.75, 3.05) is 0 Å². The van der Waals surface area contributed by atoms with E-state index in [4.69, 9.17) is 5.73 Å². The second-order valence-corrected chi connectivity index (χ2v) is 10.9. The summed E-state index contributed by atoms with van der Waals surface area (Å²) in [5.41, 5.74) is 6.34. The minimum absolute atomic E-state index is 0.00473. The van der Waals surface area contributed by atoms with Crippen LogP contribution in [0.15, 0.2) is 79.2 Å². The highest BCUT2D eigenvalue weighted by Gasteiger charge is 2.48. The van der Waals surface area contributed by atoms with Gasteiger partial charge >= 0.3 is 0 Å². The number of hydrogen-bond donors (Lipinski definition) is 4. The van der Waals surface area contributed by atoms with Gasteiger partial charge in [-0.3, -0.25) is 13.7 Å². The van der Waals surface area contributed by atoms with Gasteiger partial charge in [0, 0.05) is 17.5 Å². The van der Waals surface area contributed by atoms with Crippen LogP contribution in [0.3, 0.4) is 0 Å². The maximum atomic E-state index is 11.9. The number of hydrogen-bond acceptors (Lipinski definition) is 7. The Kier molecular flexibility index (Phi) is 4.05. The fourth-order valence-corrected chi connectivity index (χ4v) is 6.44. The van der Waals surface area contributed by atoms with E-state index in [9.17, 15) is 38.9 Å². The summed E-state index contributed by atoms with van der Waals surface area (Å²) in [4.78, 5) is -2.00. The molecule has 29 heavy (non-hydrogen) atoms. The van der Waals surface area contributed by atoms with Crippen molar-refractivity contribution >= 4 is 30.4 Å². The van der Waals surface area contributed by atoms with E-state index >= 15 is 0 Å². The predicted molar refractivity (Wildman–Crippen MR) is 101 cm³/mol. The van der Waals surface area contributed by atoms with Gasteiger partial charge in [0.25, 0.3) is 30.4 Å². The molecule has 0 radical (unpaired) electrons. The Balaban J connectivity index is 2.14. The molecule has 154 valence electrons. The lowest BCUT2D eigenvalue weighted by Gasteiger charge is -2.42. The molecule has 4 aliphatic carbocycles. The Morgan fingerprint density at radius 2 is 1.14 bits per heavy atom. The summed E-state index contributed by atoms with van der Waals surface area (Å²) in [5.74, 6) is -2.04. The van der Waals surface area contributed by atoms with Crippen LogP contribution in [0.2, 0.25) is 0 Å². The van der Waals surface area contributed by atoms with E-state index in [0.717, 1.165) is 6.08 Å². The second-order valence-electron chi connectivity index (χ2n) is 6.71. The lowest BCUT2D eigenvalue weighted by Crippen LogP contribution is -2.36. The molecular formula is C16H13NO9S3. The van der Waals surface area contributed by atoms with Crippen molar-refractivity contribution in [2.24, 2.45) is 17.6 Å². The van der Waals surface area contributed by atoms with Crippen molar-refractivity contribution in [1.29, 1.82) is 0 Å². The molecule has 0 aromatic carbocycles. The van der Waals surface area contributed by atoms with Crippen molar-refractivity contribution < 1.29 is 38.9 Å². The third kappa shape index (κ3) is 2.97. The van der Waals surface area contributed by atoms with Crippen LogP contribution in [0.25, 0.3) is 0 Å². The first-order chi connectivity index (χ1) is 13.2. The van der Waals surface area contributed by atoms with Crippen molar-refractivity contribution in [1.82, 2.24) is 0 Å². The Morgan fingerprint density at radius 1 is 0.690 bits per heavy atom. The summed E-state index contributed by atoms with van der Waals surface area (Å²) in [7, 11) is -14.5. The molecule has 0 saturated heterocycles. The van der Waals surface area contributed by atoms with Crippen LogP contribution in [0.5, 0.6) is 0 Å². The van der Waals surface area contributed by atoms with Gasteiger partial charge in [0.2, 0.25) is 0 Å². The zero-order valence-electron chi connectivity index (χ0n) is 14.2. The van der Waals surface area contributed by atoms with E-state index in [-0.39, 0.29) is 22.4 Å². The fourth-order valence-electron chi connectivity index (χ4n) is 4.07. The standard InChI is InChI=1S/C16H13NO9S3/c17-11-5-12(27(18,19)20)8-3-4-10-14(29(24,25)26)6-13(28(21,22)23)9-2-1-7(11)15(8)16(9)10/h1-6,15-16H,17H2,(H,18,19,20)(H,21,22,23)(H,24,25,26). The number of rotatable bonds is 3. The Labute approximate surface area is 166 Å². The topological polar surface area (TPSA) is 189 Å². The van der Waals surface area contributed by atoms with Crippen LogP contribution >= 0.6 is 0 Å². The van der Waals surface area contributed by atoms with Crippen molar-refractivity contribution in [3.05, 3.63) is 79.2 Å².